The maximum Gasteiger partial charge on any atom is 0.261 e. The number of hydrogen-bond donors (Lipinski definition) is 0. The molecule has 3 aromatic carbocycles. The fraction of sp³-hybridized carbons (Fsp3) is 0.0870. The number of hydrogen-bond acceptors (Lipinski definition) is 4. The summed E-state index contributed by atoms with van der Waals surface area (Å²) in [4.78, 5) is 22.2. The molecule has 29 heavy (non-hydrogen) atoms. The highest BCUT2D eigenvalue weighted by molar-refractivity contribution is 7.98. The molecule has 0 aliphatic carbocycles. The first kappa shape index (κ1) is 17.7. The van der Waals surface area contributed by atoms with Gasteiger partial charge in [-0.15, -0.1) is 0 Å². The van der Waals surface area contributed by atoms with Crippen molar-refractivity contribution >= 4 is 33.7 Å². The summed E-state index contributed by atoms with van der Waals surface area (Å²) in [5, 5.41) is 1.51. The maximum atomic E-state index is 12.7. The van der Waals surface area contributed by atoms with E-state index in [2.05, 4.69) is 22.8 Å². The predicted octanol–water partition coefficient (Wildman–Crippen LogP) is 4.56. The second kappa shape index (κ2) is 7.22. The number of fused-ring (bicyclic) bond motifs is 2. The third-order valence-corrected chi connectivity index (χ3v) is 5.89. The molecule has 0 saturated heterocycles. The SMILES string of the molecule is Cn1c(CSc2nc3ccccc3n2-c2ccccc2)nc2ccccc2c1=O. The van der Waals surface area contributed by atoms with Crippen molar-refractivity contribution in [1.29, 1.82) is 0 Å². The normalized spacial score (nSPS) is 11.3. The zero-order valence-corrected chi connectivity index (χ0v) is 16.6. The van der Waals surface area contributed by atoms with E-state index in [1.54, 1.807) is 23.4 Å². The van der Waals surface area contributed by atoms with Gasteiger partial charge in [0.15, 0.2) is 5.16 Å². The summed E-state index contributed by atoms with van der Waals surface area (Å²) < 4.78 is 3.78. The number of para-hydroxylation sites is 4. The van der Waals surface area contributed by atoms with Crippen molar-refractivity contribution in [3.63, 3.8) is 0 Å². The molecule has 142 valence electrons. The number of nitrogens with zero attached hydrogens (tertiary/aromatic N) is 4. The molecule has 0 atom stereocenters. The molecule has 0 spiro atoms. The van der Waals surface area contributed by atoms with Crippen LogP contribution in [0, 0.1) is 0 Å². The number of imidazole rings is 1. The van der Waals surface area contributed by atoms with Gasteiger partial charge in [-0.1, -0.05) is 54.2 Å². The van der Waals surface area contributed by atoms with Gasteiger partial charge in [0.2, 0.25) is 0 Å². The lowest BCUT2D eigenvalue weighted by Crippen LogP contribution is -2.21. The second-order valence-corrected chi connectivity index (χ2v) is 7.69. The monoisotopic (exact) mass is 398 g/mol. The second-order valence-electron chi connectivity index (χ2n) is 6.75. The lowest BCUT2D eigenvalue weighted by molar-refractivity contribution is 0.783. The van der Waals surface area contributed by atoms with Crippen LogP contribution in [0.2, 0.25) is 0 Å². The lowest BCUT2D eigenvalue weighted by Gasteiger charge is -2.11. The highest BCUT2D eigenvalue weighted by atomic mass is 32.2. The van der Waals surface area contributed by atoms with Crippen molar-refractivity contribution in [2.45, 2.75) is 10.9 Å². The molecule has 5 rings (SSSR count). The van der Waals surface area contributed by atoms with Gasteiger partial charge >= 0.3 is 0 Å². The van der Waals surface area contributed by atoms with E-state index in [0.717, 1.165) is 33.2 Å². The Hall–Kier alpha value is -3.38. The number of benzene rings is 3. The van der Waals surface area contributed by atoms with Gasteiger partial charge in [0.1, 0.15) is 5.82 Å². The van der Waals surface area contributed by atoms with Crippen molar-refractivity contribution in [3.8, 4) is 5.69 Å². The molecule has 0 fully saturated rings. The van der Waals surface area contributed by atoms with E-state index in [0.29, 0.717) is 11.1 Å². The Bertz CT molecular complexity index is 1390. The molecule has 5 aromatic rings. The first-order valence-electron chi connectivity index (χ1n) is 9.33. The molecular weight excluding hydrogens is 380 g/mol. The third kappa shape index (κ3) is 3.11. The molecule has 0 bridgehead atoms. The van der Waals surface area contributed by atoms with E-state index in [9.17, 15) is 4.79 Å². The smallest absolute Gasteiger partial charge is 0.261 e. The van der Waals surface area contributed by atoms with Crippen LogP contribution in [0.4, 0.5) is 0 Å². The number of thioether (sulfide) groups is 1. The van der Waals surface area contributed by atoms with Crippen LogP contribution in [0.25, 0.3) is 27.6 Å². The molecule has 0 radical (unpaired) electrons. The van der Waals surface area contributed by atoms with E-state index in [1.807, 2.05) is 60.7 Å². The van der Waals surface area contributed by atoms with Gasteiger partial charge in [0.25, 0.3) is 5.56 Å². The van der Waals surface area contributed by atoms with Gasteiger partial charge in [-0.2, -0.15) is 0 Å². The van der Waals surface area contributed by atoms with Gasteiger partial charge in [0.05, 0.1) is 27.7 Å². The standard InChI is InChI=1S/C23H18N4OS/c1-26-21(24-18-12-6-5-11-17(18)22(26)28)15-29-23-25-19-13-7-8-14-20(19)27(23)16-9-3-2-4-10-16/h2-14H,15H2,1H3. The molecule has 0 saturated carbocycles. The summed E-state index contributed by atoms with van der Waals surface area (Å²) in [7, 11) is 1.78. The minimum Gasteiger partial charge on any atom is -0.299 e. The van der Waals surface area contributed by atoms with E-state index >= 15 is 0 Å². The largest absolute Gasteiger partial charge is 0.299 e. The minimum atomic E-state index is -0.0252. The first-order chi connectivity index (χ1) is 14.2. The molecular formula is C23H18N4OS. The zero-order valence-electron chi connectivity index (χ0n) is 15.8. The van der Waals surface area contributed by atoms with Crippen LogP contribution < -0.4 is 5.56 Å². The Kier molecular flexibility index (Phi) is 4.41. The fourth-order valence-corrected chi connectivity index (χ4v) is 4.46. The van der Waals surface area contributed by atoms with Gasteiger partial charge < -0.3 is 0 Å². The Balaban J connectivity index is 1.58. The Morgan fingerprint density at radius 3 is 2.34 bits per heavy atom. The summed E-state index contributed by atoms with van der Waals surface area (Å²) in [5.41, 5.74) is 3.76. The summed E-state index contributed by atoms with van der Waals surface area (Å²) in [6.45, 7) is 0. The quantitative estimate of drug-likeness (QED) is 0.416. The topological polar surface area (TPSA) is 52.7 Å². The summed E-state index contributed by atoms with van der Waals surface area (Å²) >= 11 is 1.58. The van der Waals surface area contributed by atoms with Crippen LogP contribution in [0.1, 0.15) is 5.82 Å². The van der Waals surface area contributed by atoms with Crippen molar-refractivity contribution in [3.05, 3.63) is 95.0 Å². The summed E-state index contributed by atoms with van der Waals surface area (Å²) in [5.74, 6) is 1.28. The molecule has 6 heteroatoms. The average Bonchev–Trinajstić information content (AvgIpc) is 3.14. The molecule has 0 aliphatic heterocycles. The van der Waals surface area contributed by atoms with Crippen LogP contribution in [-0.2, 0) is 12.8 Å². The Morgan fingerprint density at radius 1 is 0.828 bits per heavy atom. The highest BCUT2D eigenvalue weighted by Crippen LogP contribution is 2.29. The first-order valence-corrected chi connectivity index (χ1v) is 10.3. The molecule has 2 heterocycles. The van der Waals surface area contributed by atoms with Crippen molar-refractivity contribution in [1.82, 2.24) is 19.1 Å². The summed E-state index contributed by atoms with van der Waals surface area (Å²) in [6.07, 6.45) is 0. The van der Waals surface area contributed by atoms with Crippen LogP contribution in [0.5, 0.6) is 0 Å². The van der Waals surface area contributed by atoms with E-state index in [4.69, 9.17) is 9.97 Å². The van der Waals surface area contributed by atoms with Crippen molar-refractivity contribution in [2.24, 2.45) is 7.05 Å². The fourth-order valence-electron chi connectivity index (χ4n) is 3.45. The molecule has 0 aliphatic rings. The molecule has 0 amide bonds. The van der Waals surface area contributed by atoms with Gasteiger partial charge in [-0.3, -0.25) is 13.9 Å². The van der Waals surface area contributed by atoms with Gasteiger partial charge in [0, 0.05) is 12.7 Å². The molecule has 2 aromatic heterocycles. The Morgan fingerprint density at radius 2 is 1.52 bits per heavy atom. The van der Waals surface area contributed by atoms with Gasteiger partial charge in [-0.25, -0.2) is 9.97 Å². The molecule has 5 nitrogen and oxygen atoms in total. The van der Waals surface area contributed by atoms with E-state index in [-0.39, 0.29) is 5.56 Å². The maximum absolute atomic E-state index is 12.7. The third-order valence-electron chi connectivity index (χ3n) is 4.95. The van der Waals surface area contributed by atoms with Crippen LogP contribution >= 0.6 is 11.8 Å². The van der Waals surface area contributed by atoms with Gasteiger partial charge in [-0.05, 0) is 36.4 Å². The van der Waals surface area contributed by atoms with Crippen LogP contribution in [0.15, 0.2) is 88.8 Å². The van der Waals surface area contributed by atoms with Crippen LogP contribution in [0.3, 0.4) is 0 Å². The predicted molar refractivity (Wildman–Crippen MR) is 118 cm³/mol. The molecule has 0 unspecified atom stereocenters. The average molecular weight is 398 g/mol. The highest BCUT2D eigenvalue weighted by Gasteiger charge is 2.15. The zero-order chi connectivity index (χ0) is 19.8. The van der Waals surface area contributed by atoms with E-state index in [1.165, 1.54) is 0 Å². The van der Waals surface area contributed by atoms with Crippen molar-refractivity contribution in [2.75, 3.05) is 0 Å². The summed E-state index contributed by atoms with van der Waals surface area (Å²) in [6, 6.07) is 25.8. The van der Waals surface area contributed by atoms with Crippen molar-refractivity contribution < 1.29 is 0 Å². The van der Waals surface area contributed by atoms with Crippen LogP contribution in [-0.4, -0.2) is 19.1 Å². The molecule has 0 N–H and O–H groups in total. The number of aromatic nitrogens is 4. The minimum absolute atomic E-state index is 0.0252. The lowest BCUT2D eigenvalue weighted by atomic mass is 10.2. The number of rotatable bonds is 4. The Labute approximate surface area is 171 Å². The van der Waals surface area contributed by atoms with E-state index < -0.39 is 0 Å².